The summed E-state index contributed by atoms with van der Waals surface area (Å²) in [5, 5.41) is 0.491. The van der Waals surface area contributed by atoms with Gasteiger partial charge in [-0.2, -0.15) is 0 Å². The van der Waals surface area contributed by atoms with Crippen LogP contribution in [0, 0.1) is 0 Å². The fourth-order valence-electron chi connectivity index (χ4n) is 2.70. The summed E-state index contributed by atoms with van der Waals surface area (Å²) in [7, 11) is 0. The lowest BCUT2D eigenvalue weighted by molar-refractivity contribution is 0.0988. The second-order valence-electron chi connectivity index (χ2n) is 5.91. The lowest BCUT2D eigenvalue weighted by Crippen LogP contribution is -2.28. The molecular weight excluding hydrogens is 320 g/mol. The summed E-state index contributed by atoms with van der Waals surface area (Å²) in [6.45, 7) is 5.99. The zero-order chi connectivity index (χ0) is 17.2. The zero-order valence-electron chi connectivity index (χ0n) is 13.4. The molecule has 0 spiro atoms. The molecule has 2 aromatic heterocycles. The Balaban J connectivity index is 1.86. The molecule has 0 bridgehead atoms. The summed E-state index contributed by atoms with van der Waals surface area (Å²) < 4.78 is 0. The van der Waals surface area contributed by atoms with Gasteiger partial charge in [-0.05, 0) is 41.7 Å². The first kappa shape index (κ1) is 16.4. The van der Waals surface area contributed by atoms with Crippen LogP contribution in [0.3, 0.4) is 0 Å². The molecule has 0 aromatic carbocycles. The fourth-order valence-corrected chi connectivity index (χ4v) is 3.60. The lowest BCUT2D eigenvalue weighted by atomic mass is 9.92. The SMILES string of the molecule is C=C1C[C@@](C)(c2cc(CC(=O)c3ccccn3)ccn2)N=C(N)S1. The molecular formula is C18H18N4OS. The number of pyridine rings is 2. The Morgan fingerprint density at radius 1 is 1.33 bits per heavy atom. The van der Waals surface area contributed by atoms with Crippen LogP contribution in [-0.2, 0) is 12.0 Å². The molecule has 0 aliphatic carbocycles. The molecule has 0 fully saturated rings. The molecule has 122 valence electrons. The Morgan fingerprint density at radius 3 is 2.88 bits per heavy atom. The number of rotatable bonds is 4. The van der Waals surface area contributed by atoms with E-state index in [0.29, 0.717) is 17.3 Å². The number of aromatic nitrogens is 2. The average molecular weight is 338 g/mol. The van der Waals surface area contributed by atoms with Crippen molar-refractivity contribution in [1.29, 1.82) is 0 Å². The van der Waals surface area contributed by atoms with Gasteiger partial charge in [0.15, 0.2) is 11.0 Å². The minimum absolute atomic E-state index is 0.0236. The van der Waals surface area contributed by atoms with Gasteiger partial charge in [-0.25, -0.2) is 4.99 Å². The van der Waals surface area contributed by atoms with Crippen molar-refractivity contribution in [3.8, 4) is 0 Å². The van der Waals surface area contributed by atoms with Crippen molar-refractivity contribution in [2.24, 2.45) is 10.7 Å². The third-order valence-corrected chi connectivity index (χ3v) is 4.57. The van der Waals surface area contributed by atoms with E-state index >= 15 is 0 Å². The zero-order valence-corrected chi connectivity index (χ0v) is 14.2. The van der Waals surface area contributed by atoms with Crippen molar-refractivity contribution in [1.82, 2.24) is 9.97 Å². The molecule has 0 saturated carbocycles. The van der Waals surface area contributed by atoms with Crippen LogP contribution in [0.25, 0.3) is 0 Å². The molecule has 2 aromatic rings. The van der Waals surface area contributed by atoms with Gasteiger partial charge >= 0.3 is 0 Å². The van der Waals surface area contributed by atoms with Crippen LogP contribution in [-0.4, -0.2) is 20.9 Å². The van der Waals surface area contributed by atoms with Crippen LogP contribution < -0.4 is 5.73 Å². The minimum atomic E-state index is -0.545. The van der Waals surface area contributed by atoms with E-state index < -0.39 is 5.54 Å². The third-order valence-electron chi connectivity index (χ3n) is 3.84. The Hall–Kier alpha value is -2.47. The molecule has 6 heteroatoms. The molecule has 1 aliphatic heterocycles. The Bertz CT molecular complexity index is 819. The fraction of sp³-hybridized carbons (Fsp3) is 0.222. The molecule has 0 unspecified atom stereocenters. The number of nitrogens with zero attached hydrogens (tertiary/aromatic N) is 3. The van der Waals surface area contributed by atoms with Crippen LogP contribution in [0.5, 0.6) is 0 Å². The Labute approximate surface area is 145 Å². The Kier molecular flexibility index (Phi) is 4.49. The van der Waals surface area contributed by atoms with E-state index in [1.54, 1.807) is 24.5 Å². The van der Waals surface area contributed by atoms with Gasteiger partial charge < -0.3 is 5.73 Å². The predicted octanol–water partition coefficient (Wildman–Crippen LogP) is 3.08. The second kappa shape index (κ2) is 6.57. The number of amidine groups is 1. The highest BCUT2D eigenvalue weighted by molar-refractivity contribution is 8.17. The molecule has 5 nitrogen and oxygen atoms in total. The van der Waals surface area contributed by atoms with Crippen LogP contribution in [0.2, 0.25) is 0 Å². The normalized spacial score (nSPS) is 20.5. The highest BCUT2D eigenvalue weighted by atomic mass is 32.2. The van der Waals surface area contributed by atoms with Crippen molar-refractivity contribution in [3.05, 3.63) is 71.2 Å². The standard InChI is InChI=1S/C18H18N4OS/c1-12-11-18(2,22-17(19)24-12)16-10-13(6-8-21-16)9-15(23)14-5-3-4-7-20-14/h3-8,10H,1,9,11H2,2H3,(H2,19,22)/t18-/m0/s1. The van der Waals surface area contributed by atoms with Gasteiger partial charge in [-0.1, -0.05) is 24.4 Å². The quantitative estimate of drug-likeness (QED) is 0.866. The first-order valence-electron chi connectivity index (χ1n) is 7.57. The number of carbonyl (C=O) groups is 1. The third kappa shape index (κ3) is 3.54. The first-order valence-corrected chi connectivity index (χ1v) is 8.38. The van der Waals surface area contributed by atoms with Crippen molar-refractivity contribution in [2.75, 3.05) is 0 Å². The Morgan fingerprint density at radius 2 is 2.17 bits per heavy atom. The van der Waals surface area contributed by atoms with Crippen molar-refractivity contribution in [3.63, 3.8) is 0 Å². The topological polar surface area (TPSA) is 81.2 Å². The number of ketones is 1. The smallest absolute Gasteiger partial charge is 0.185 e. The number of nitrogens with two attached hydrogens (primary N) is 1. The highest BCUT2D eigenvalue weighted by Crippen LogP contribution is 2.39. The van der Waals surface area contributed by atoms with E-state index in [9.17, 15) is 4.79 Å². The van der Waals surface area contributed by atoms with E-state index in [1.165, 1.54) is 11.8 Å². The van der Waals surface area contributed by atoms with Gasteiger partial charge in [0.25, 0.3) is 0 Å². The van der Waals surface area contributed by atoms with Crippen LogP contribution in [0.1, 0.15) is 35.1 Å². The molecule has 24 heavy (non-hydrogen) atoms. The van der Waals surface area contributed by atoms with Crippen LogP contribution in [0.15, 0.2) is 59.2 Å². The molecule has 0 saturated heterocycles. The summed E-state index contributed by atoms with van der Waals surface area (Å²) in [6.07, 6.45) is 4.27. The largest absolute Gasteiger partial charge is 0.378 e. The van der Waals surface area contributed by atoms with Crippen LogP contribution >= 0.6 is 11.8 Å². The summed E-state index contributed by atoms with van der Waals surface area (Å²) in [4.78, 5) is 26.4. The van der Waals surface area contributed by atoms with Crippen molar-refractivity contribution in [2.45, 2.75) is 25.3 Å². The van der Waals surface area contributed by atoms with Gasteiger partial charge in [-0.3, -0.25) is 14.8 Å². The molecule has 0 radical (unpaired) electrons. The van der Waals surface area contributed by atoms with E-state index in [1.807, 2.05) is 25.1 Å². The lowest BCUT2D eigenvalue weighted by Gasteiger charge is -2.30. The number of Topliss-reactive ketones (excluding diaryl/α,β-unsaturated/α-hetero) is 1. The summed E-state index contributed by atoms with van der Waals surface area (Å²) >= 11 is 1.39. The van der Waals surface area contributed by atoms with Crippen molar-refractivity contribution >= 4 is 22.7 Å². The number of hydrogen-bond donors (Lipinski definition) is 1. The monoisotopic (exact) mass is 338 g/mol. The number of aliphatic imine (C=N–C) groups is 1. The molecule has 0 amide bonds. The van der Waals surface area contributed by atoms with E-state index in [4.69, 9.17) is 5.73 Å². The van der Waals surface area contributed by atoms with E-state index in [2.05, 4.69) is 21.5 Å². The average Bonchev–Trinajstić information content (AvgIpc) is 2.54. The molecule has 3 rings (SSSR count). The minimum Gasteiger partial charge on any atom is -0.378 e. The maximum atomic E-state index is 12.3. The molecule has 2 N–H and O–H groups in total. The number of hydrogen-bond acceptors (Lipinski definition) is 6. The summed E-state index contributed by atoms with van der Waals surface area (Å²) in [6, 6.07) is 9.08. The summed E-state index contributed by atoms with van der Waals surface area (Å²) in [5.74, 6) is -0.0236. The van der Waals surface area contributed by atoms with Gasteiger partial charge in [0.1, 0.15) is 11.2 Å². The molecule has 3 heterocycles. The maximum Gasteiger partial charge on any atom is 0.185 e. The van der Waals surface area contributed by atoms with Crippen LogP contribution in [0.4, 0.5) is 0 Å². The highest BCUT2D eigenvalue weighted by Gasteiger charge is 2.32. The van der Waals surface area contributed by atoms with Gasteiger partial charge in [0.05, 0.1) is 5.69 Å². The first-order chi connectivity index (χ1) is 11.5. The molecule has 1 aliphatic rings. The number of carbonyl (C=O) groups excluding carboxylic acids is 1. The van der Waals surface area contributed by atoms with Gasteiger partial charge in [-0.15, -0.1) is 0 Å². The maximum absolute atomic E-state index is 12.3. The second-order valence-corrected chi connectivity index (χ2v) is 7.11. The van der Waals surface area contributed by atoms with Crippen molar-refractivity contribution < 1.29 is 4.79 Å². The summed E-state index contributed by atoms with van der Waals surface area (Å²) in [5.41, 5.74) is 7.49. The number of thioether (sulfide) groups is 1. The molecule has 1 atom stereocenters. The predicted molar refractivity (Wildman–Crippen MR) is 96.8 cm³/mol. The van der Waals surface area contributed by atoms with Gasteiger partial charge in [0, 0.05) is 25.2 Å². The van der Waals surface area contributed by atoms with E-state index in [0.717, 1.165) is 16.2 Å². The van der Waals surface area contributed by atoms with E-state index in [-0.39, 0.29) is 12.2 Å². The van der Waals surface area contributed by atoms with Gasteiger partial charge in [0.2, 0.25) is 0 Å².